The van der Waals surface area contributed by atoms with Crippen molar-refractivity contribution in [1.82, 2.24) is 20.6 Å². The maximum Gasteiger partial charge on any atom is 0.262 e. The van der Waals surface area contributed by atoms with Crippen molar-refractivity contribution in [3.05, 3.63) is 29.3 Å². The van der Waals surface area contributed by atoms with Gasteiger partial charge in [-0.1, -0.05) is 6.07 Å². The van der Waals surface area contributed by atoms with Gasteiger partial charge in [0.05, 0.1) is 24.0 Å². The van der Waals surface area contributed by atoms with Crippen LogP contribution in [0.25, 0.3) is 11.0 Å². The number of imidazole rings is 1. The van der Waals surface area contributed by atoms with Crippen molar-refractivity contribution in [3.63, 3.8) is 0 Å². The Morgan fingerprint density at radius 2 is 1.68 bits per heavy atom. The number of benzene rings is 1. The number of nitrogens with zero attached hydrogens (tertiary/aromatic N) is 1. The maximum absolute atomic E-state index is 15.7. The summed E-state index contributed by atoms with van der Waals surface area (Å²) in [5, 5.41) is 4.39. The van der Waals surface area contributed by atoms with Gasteiger partial charge in [-0.05, 0) is 44.6 Å². The van der Waals surface area contributed by atoms with Crippen LogP contribution in [0.15, 0.2) is 12.1 Å². The minimum Gasteiger partial charge on any atom is -0.350 e. The van der Waals surface area contributed by atoms with Gasteiger partial charge >= 0.3 is 0 Å². The summed E-state index contributed by atoms with van der Waals surface area (Å²) in [4.78, 5) is 32.1. The Kier molecular flexibility index (Phi) is 7.87. The highest BCUT2D eigenvalue weighted by atomic mass is 19.3. The first-order chi connectivity index (χ1) is 18.4. The minimum atomic E-state index is -3.46. The van der Waals surface area contributed by atoms with E-state index in [1.165, 1.54) is 6.07 Å². The third-order valence-corrected chi connectivity index (χ3v) is 7.38. The zero-order valence-corrected chi connectivity index (χ0v) is 21.8. The molecule has 1 heterocycles. The van der Waals surface area contributed by atoms with E-state index in [1.807, 2.05) is 5.32 Å². The van der Waals surface area contributed by atoms with Gasteiger partial charge in [0.15, 0.2) is 11.5 Å². The van der Waals surface area contributed by atoms with E-state index in [1.54, 1.807) is 0 Å². The van der Waals surface area contributed by atoms with Crippen LogP contribution in [-0.4, -0.2) is 51.8 Å². The topological polar surface area (TPSA) is 86.9 Å². The Morgan fingerprint density at radius 1 is 1.05 bits per heavy atom. The molecule has 6 nitrogen and oxygen atoms in total. The van der Waals surface area contributed by atoms with Crippen molar-refractivity contribution < 1.29 is 44.7 Å². The molecule has 1 unspecified atom stereocenters. The van der Waals surface area contributed by atoms with Gasteiger partial charge in [0.2, 0.25) is 17.8 Å². The molecule has 2 amide bonds. The molecular formula is C26H30F8N4O2. The molecule has 0 bridgehead atoms. The van der Waals surface area contributed by atoms with Crippen LogP contribution in [0.3, 0.4) is 0 Å². The van der Waals surface area contributed by atoms with Crippen LogP contribution in [0.1, 0.15) is 82.1 Å². The van der Waals surface area contributed by atoms with Gasteiger partial charge in [0, 0.05) is 31.7 Å². The van der Waals surface area contributed by atoms with E-state index in [0.717, 1.165) is 6.07 Å². The highest BCUT2D eigenvalue weighted by molar-refractivity contribution is 5.88. The summed E-state index contributed by atoms with van der Waals surface area (Å²) in [6, 6.07) is 1.23. The molecule has 2 saturated carbocycles. The van der Waals surface area contributed by atoms with E-state index in [4.69, 9.17) is 0 Å². The lowest BCUT2D eigenvalue weighted by atomic mass is 9.81. The van der Waals surface area contributed by atoms with Crippen LogP contribution >= 0.6 is 0 Å². The van der Waals surface area contributed by atoms with E-state index in [0.29, 0.717) is 13.8 Å². The molecule has 0 aliphatic heterocycles. The number of aromatic amines is 1. The van der Waals surface area contributed by atoms with E-state index in [-0.39, 0.29) is 37.0 Å². The molecule has 1 aromatic carbocycles. The first-order valence-electron chi connectivity index (χ1n) is 13.0. The number of carbonyl (C=O) groups excluding carboxylic acids is 2. The van der Waals surface area contributed by atoms with Crippen LogP contribution < -0.4 is 10.6 Å². The van der Waals surface area contributed by atoms with Crippen LogP contribution in [0.5, 0.6) is 0 Å². The van der Waals surface area contributed by atoms with E-state index < -0.39 is 95.8 Å². The summed E-state index contributed by atoms with van der Waals surface area (Å²) in [6.45, 7) is -0.125. The van der Waals surface area contributed by atoms with Gasteiger partial charge in [-0.15, -0.1) is 0 Å². The maximum atomic E-state index is 15.7. The first-order valence-corrected chi connectivity index (χ1v) is 13.0. The van der Waals surface area contributed by atoms with Crippen LogP contribution in [0.4, 0.5) is 35.1 Å². The molecule has 1 aromatic heterocycles. The predicted octanol–water partition coefficient (Wildman–Crippen LogP) is 6.09. The number of aromatic nitrogens is 2. The summed E-state index contributed by atoms with van der Waals surface area (Å²) >= 11 is 0. The number of halogens is 8. The lowest BCUT2D eigenvalue weighted by molar-refractivity contribution is -0.129. The number of amides is 2. The van der Waals surface area contributed by atoms with Crippen molar-refractivity contribution >= 4 is 22.8 Å². The third kappa shape index (κ3) is 7.03. The molecule has 2 aliphatic rings. The van der Waals surface area contributed by atoms with E-state index in [2.05, 4.69) is 15.3 Å². The lowest BCUT2D eigenvalue weighted by Crippen LogP contribution is -2.41. The number of hydrogen-bond acceptors (Lipinski definition) is 3. The minimum absolute atomic E-state index is 0.00187. The number of fused-ring (bicyclic) bond motifs is 1. The van der Waals surface area contributed by atoms with Gasteiger partial charge in [0.1, 0.15) is 11.3 Å². The summed E-state index contributed by atoms with van der Waals surface area (Å²) in [6.07, 6.45) is -2.17. The summed E-state index contributed by atoms with van der Waals surface area (Å²) in [5.74, 6) is -15.5. The molecular weight excluding hydrogens is 552 g/mol. The van der Waals surface area contributed by atoms with Crippen molar-refractivity contribution in [2.75, 3.05) is 6.54 Å². The monoisotopic (exact) mass is 582 g/mol. The smallest absolute Gasteiger partial charge is 0.262 e. The second-order valence-corrected chi connectivity index (χ2v) is 11.2. The Bertz CT molecular complexity index is 1260. The summed E-state index contributed by atoms with van der Waals surface area (Å²) in [7, 11) is 0. The van der Waals surface area contributed by atoms with Crippen molar-refractivity contribution in [2.24, 2.45) is 5.92 Å². The van der Waals surface area contributed by atoms with Gasteiger partial charge in [0.25, 0.3) is 11.8 Å². The van der Waals surface area contributed by atoms with E-state index >= 15 is 4.39 Å². The van der Waals surface area contributed by atoms with E-state index in [9.17, 15) is 40.3 Å². The number of carbonyl (C=O) groups is 2. The standard InChI is InChI=1S/C26H30F8N4O2/c1-23(28,29)11-15(21(39)35-12-24(2,30)31)14-3-4-16-19(17(14)27)37-20(36-16)18(38-22(40)25(32)9-10-25)13-5-7-26(33,34)8-6-13/h3-4,13,15,18H,5-12H2,1-2H3,(H,35,39)(H,36,37)(H,38,40)/t15?,18-/m0/s1. The Morgan fingerprint density at radius 3 is 2.23 bits per heavy atom. The third-order valence-electron chi connectivity index (χ3n) is 7.38. The summed E-state index contributed by atoms with van der Waals surface area (Å²) in [5.41, 5.74) is -2.95. The number of H-pyrrole nitrogens is 1. The first kappa shape index (κ1) is 30.0. The zero-order valence-electron chi connectivity index (χ0n) is 21.8. The Hall–Kier alpha value is -2.93. The van der Waals surface area contributed by atoms with Crippen molar-refractivity contribution in [3.8, 4) is 0 Å². The molecule has 0 spiro atoms. The largest absolute Gasteiger partial charge is 0.350 e. The second kappa shape index (κ2) is 10.5. The normalized spacial score (nSPS) is 20.6. The molecule has 0 saturated heterocycles. The highest BCUT2D eigenvalue weighted by Gasteiger charge is 2.52. The number of nitrogens with one attached hydrogen (secondary N) is 3. The van der Waals surface area contributed by atoms with Gasteiger partial charge in [-0.3, -0.25) is 9.59 Å². The van der Waals surface area contributed by atoms with Crippen LogP contribution in [0, 0.1) is 11.7 Å². The molecule has 4 rings (SSSR count). The quantitative estimate of drug-likeness (QED) is 0.297. The molecule has 2 aliphatic carbocycles. The van der Waals surface area contributed by atoms with Crippen molar-refractivity contribution in [1.29, 1.82) is 0 Å². The fraction of sp³-hybridized carbons (Fsp3) is 0.654. The SMILES string of the molecule is CC(F)(F)CNC(=O)C(CC(C)(F)F)c1ccc2[nH]c([C@@H](NC(=O)C3(F)CC3)C3CCC(F)(F)CC3)nc2c1F. The van der Waals surface area contributed by atoms with Gasteiger partial charge in [-0.25, -0.2) is 40.1 Å². The molecule has 2 fully saturated rings. The molecule has 222 valence electrons. The Labute approximate surface area is 224 Å². The molecule has 14 heteroatoms. The van der Waals surface area contributed by atoms with Gasteiger partial charge < -0.3 is 15.6 Å². The predicted molar refractivity (Wildman–Crippen MR) is 129 cm³/mol. The lowest BCUT2D eigenvalue weighted by Gasteiger charge is -2.33. The van der Waals surface area contributed by atoms with Gasteiger partial charge in [-0.2, -0.15) is 0 Å². The molecule has 40 heavy (non-hydrogen) atoms. The number of hydrogen-bond donors (Lipinski definition) is 3. The molecule has 2 aromatic rings. The zero-order chi connectivity index (χ0) is 29.7. The molecule has 3 N–H and O–H groups in total. The second-order valence-electron chi connectivity index (χ2n) is 11.2. The number of rotatable bonds is 10. The fourth-order valence-electron chi connectivity index (χ4n) is 4.97. The highest BCUT2D eigenvalue weighted by Crippen LogP contribution is 2.44. The average Bonchev–Trinajstić information content (AvgIpc) is 3.44. The average molecular weight is 583 g/mol. The van der Waals surface area contributed by atoms with Crippen LogP contribution in [0.2, 0.25) is 0 Å². The Balaban J connectivity index is 1.69. The molecule has 0 radical (unpaired) electrons. The van der Waals surface area contributed by atoms with Crippen LogP contribution in [-0.2, 0) is 9.59 Å². The van der Waals surface area contributed by atoms with Crippen molar-refractivity contribution in [2.45, 2.75) is 94.2 Å². The summed E-state index contributed by atoms with van der Waals surface area (Å²) < 4.78 is 112. The number of alkyl halides is 7. The fourth-order valence-corrected chi connectivity index (χ4v) is 4.97. The molecule has 2 atom stereocenters.